The van der Waals surface area contributed by atoms with E-state index in [1.54, 1.807) is 49.6 Å². The first-order valence-electron chi connectivity index (χ1n) is 12.9. The molecule has 1 fully saturated rings. The van der Waals surface area contributed by atoms with E-state index in [1.165, 1.54) is 4.90 Å². The topological polar surface area (TPSA) is 70.1 Å². The van der Waals surface area contributed by atoms with Crippen molar-refractivity contribution in [2.45, 2.75) is 52.0 Å². The minimum Gasteiger partial charge on any atom is -0.507 e. The van der Waals surface area contributed by atoms with Gasteiger partial charge in [-0.2, -0.15) is 0 Å². The summed E-state index contributed by atoms with van der Waals surface area (Å²) in [5, 5.41) is 12.0. The Bertz CT molecular complexity index is 1110. The van der Waals surface area contributed by atoms with Gasteiger partial charge in [0, 0.05) is 22.2 Å². The zero-order valence-electron chi connectivity index (χ0n) is 21.8. The van der Waals surface area contributed by atoms with Gasteiger partial charge < -0.3 is 19.6 Å². The van der Waals surface area contributed by atoms with Gasteiger partial charge in [-0.1, -0.05) is 56.0 Å². The number of likely N-dealkylation sites (tertiary alicyclic amines) is 1. The molecule has 1 amide bonds. The first-order chi connectivity index (χ1) is 17.8. The minimum atomic E-state index is -0.813. The van der Waals surface area contributed by atoms with Crippen molar-refractivity contribution < 1.29 is 19.4 Å². The summed E-state index contributed by atoms with van der Waals surface area (Å²) in [5.74, 6) is -0.991. The van der Waals surface area contributed by atoms with Gasteiger partial charge in [-0.05, 0) is 80.9 Å². The first kappa shape index (κ1) is 29.0. The molecule has 1 saturated heterocycles. The highest BCUT2D eigenvalue weighted by molar-refractivity contribution is 6.47. The van der Waals surface area contributed by atoms with Crippen molar-refractivity contribution in [1.82, 2.24) is 9.80 Å². The van der Waals surface area contributed by atoms with E-state index in [4.69, 9.17) is 27.9 Å². The van der Waals surface area contributed by atoms with Crippen molar-refractivity contribution in [2.75, 3.05) is 33.3 Å². The minimum absolute atomic E-state index is 0.0215. The average molecular weight is 548 g/mol. The number of Topliss-reactive ketones (excluding diaryl/α,β-unsaturated/α-hetero) is 1. The van der Waals surface area contributed by atoms with Gasteiger partial charge in [0.15, 0.2) is 0 Å². The molecule has 1 aliphatic rings. The molecule has 0 radical (unpaired) electrons. The standard InChI is InChI=1S/C29H36Cl2N2O4/c1-4-6-15-32(16-7-5-2)17-8-18-33-26(23-14-11-21(30)19-24(23)31)25(28(35)29(33)36)27(34)20-9-12-22(37-3)13-10-20/h9-14,19,26,34H,4-8,15-18H2,1-3H3/b27-25-. The number of unbranched alkanes of at least 4 members (excludes halogenated alkanes) is 2. The van der Waals surface area contributed by atoms with Gasteiger partial charge in [0.1, 0.15) is 11.5 Å². The van der Waals surface area contributed by atoms with Gasteiger partial charge in [-0.15, -0.1) is 0 Å². The Morgan fingerprint density at radius 2 is 1.59 bits per heavy atom. The maximum atomic E-state index is 13.3. The number of carbonyl (C=O) groups is 2. The van der Waals surface area contributed by atoms with E-state index < -0.39 is 17.7 Å². The van der Waals surface area contributed by atoms with Crippen molar-refractivity contribution in [3.05, 3.63) is 69.2 Å². The third-order valence-electron chi connectivity index (χ3n) is 6.69. The molecule has 6 nitrogen and oxygen atoms in total. The number of aliphatic hydroxyl groups is 1. The molecule has 1 unspecified atom stereocenters. The number of carbonyl (C=O) groups excluding carboxylic acids is 2. The molecule has 0 spiro atoms. The molecule has 0 bridgehead atoms. The molecule has 0 aliphatic carbocycles. The van der Waals surface area contributed by atoms with Crippen LogP contribution in [0.5, 0.6) is 5.75 Å². The lowest BCUT2D eigenvalue weighted by Gasteiger charge is -2.28. The molecule has 0 aromatic heterocycles. The largest absolute Gasteiger partial charge is 0.507 e. The van der Waals surface area contributed by atoms with Crippen LogP contribution in [0.3, 0.4) is 0 Å². The van der Waals surface area contributed by atoms with Gasteiger partial charge >= 0.3 is 0 Å². The highest BCUT2D eigenvalue weighted by Gasteiger charge is 2.46. The molecule has 1 atom stereocenters. The Morgan fingerprint density at radius 3 is 2.16 bits per heavy atom. The van der Waals surface area contributed by atoms with Crippen LogP contribution in [0.15, 0.2) is 48.0 Å². The van der Waals surface area contributed by atoms with Crippen LogP contribution in [-0.2, 0) is 9.59 Å². The molecule has 8 heteroatoms. The van der Waals surface area contributed by atoms with Crippen LogP contribution < -0.4 is 4.74 Å². The van der Waals surface area contributed by atoms with Crippen molar-refractivity contribution in [2.24, 2.45) is 0 Å². The van der Waals surface area contributed by atoms with Crippen molar-refractivity contribution in [1.29, 1.82) is 0 Å². The summed E-state index contributed by atoms with van der Waals surface area (Å²) < 4.78 is 5.20. The number of amides is 1. The number of methoxy groups -OCH3 is 1. The summed E-state index contributed by atoms with van der Waals surface area (Å²) in [6.45, 7) is 7.57. The maximum absolute atomic E-state index is 13.3. The van der Waals surface area contributed by atoms with Crippen LogP contribution in [0.25, 0.3) is 5.76 Å². The first-order valence-corrected chi connectivity index (χ1v) is 13.7. The van der Waals surface area contributed by atoms with E-state index in [0.29, 0.717) is 39.9 Å². The maximum Gasteiger partial charge on any atom is 0.295 e. The third-order valence-corrected chi connectivity index (χ3v) is 7.25. The van der Waals surface area contributed by atoms with E-state index in [0.717, 1.165) is 45.3 Å². The molecule has 1 heterocycles. The number of nitrogens with zero attached hydrogens (tertiary/aromatic N) is 2. The molecule has 0 saturated carbocycles. The van der Waals surface area contributed by atoms with Crippen LogP contribution in [0.4, 0.5) is 0 Å². The zero-order valence-corrected chi connectivity index (χ0v) is 23.3. The monoisotopic (exact) mass is 546 g/mol. The number of benzene rings is 2. The number of ether oxygens (including phenoxy) is 1. The number of hydrogen-bond acceptors (Lipinski definition) is 5. The third kappa shape index (κ3) is 7.07. The Kier molecular flexibility index (Phi) is 10.9. The fraction of sp³-hybridized carbons (Fsp3) is 0.448. The second-order valence-corrected chi connectivity index (χ2v) is 10.1. The normalized spacial score (nSPS) is 17.1. The van der Waals surface area contributed by atoms with Crippen LogP contribution in [0.1, 0.15) is 63.1 Å². The Labute approximate surface area is 229 Å². The summed E-state index contributed by atoms with van der Waals surface area (Å²) >= 11 is 12.7. The van der Waals surface area contributed by atoms with Crippen LogP contribution in [0.2, 0.25) is 10.0 Å². The molecule has 1 N–H and O–H groups in total. The highest BCUT2D eigenvalue weighted by Crippen LogP contribution is 2.42. The molecule has 2 aromatic rings. The summed E-state index contributed by atoms with van der Waals surface area (Å²) in [6, 6.07) is 10.9. The molecule has 1 aliphatic heterocycles. The fourth-order valence-electron chi connectivity index (χ4n) is 4.63. The summed E-state index contributed by atoms with van der Waals surface area (Å²) in [6.07, 6.45) is 5.19. The molecule has 3 rings (SSSR count). The van der Waals surface area contributed by atoms with Gasteiger partial charge in [-0.3, -0.25) is 9.59 Å². The molecule has 2 aromatic carbocycles. The van der Waals surface area contributed by atoms with E-state index in [2.05, 4.69) is 18.7 Å². The van der Waals surface area contributed by atoms with E-state index in [9.17, 15) is 14.7 Å². The average Bonchev–Trinajstić information content (AvgIpc) is 3.14. The smallest absolute Gasteiger partial charge is 0.295 e. The predicted octanol–water partition coefficient (Wildman–Crippen LogP) is 6.72. The van der Waals surface area contributed by atoms with Crippen molar-refractivity contribution in [3.63, 3.8) is 0 Å². The van der Waals surface area contributed by atoms with Gasteiger partial charge in [0.25, 0.3) is 11.7 Å². The summed E-state index contributed by atoms with van der Waals surface area (Å²) in [5.41, 5.74) is 0.988. The van der Waals surface area contributed by atoms with Gasteiger partial charge in [-0.25, -0.2) is 0 Å². The number of rotatable bonds is 13. The van der Waals surface area contributed by atoms with Crippen molar-refractivity contribution in [3.8, 4) is 5.75 Å². The van der Waals surface area contributed by atoms with Crippen molar-refractivity contribution >= 4 is 40.7 Å². The summed E-state index contributed by atoms with van der Waals surface area (Å²) in [4.78, 5) is 30.5. The number of ketones is 1. The zero-order chi connectivity index (χ0) is 26.9. The molecule has 37 heavy (non-hydrogen) atoms. The van der Waals surface area contributed by atoms with Gasteiger partial charge in [0.05, 0.1) is 18.7 Å². The Hall–Kier alpha value is -2.54. The van der Waals surface area contributed by atoms with E-state index >= 15 is 0 Å². The van der Waals surface area contributed by atoms with E-state index in [1.807, 2.05) is 0 Å². The molecular weight excluding hydrogens is 511 g/mol. The Balaban J connectivity index is 1.95. The number of halogens is 2. The lowest BCUT2D eigenvalue weighted by molar-refractivity contribution is -0.140. The predicted molar refractivity (Wildman–Crippen MR) is 149 cm³/mol. The molecular formula is C29H36Cl2N2O4. The van der Waals surface area contributed by atoms with Gasteiger partial charge in [0.2, 0.25) is 0 Å². The van der Waals surface area contributed by atoms with Crippen LogP contribution in [-0.4, -0.2) is 59.9 Å². The quantitative estimate of drug-likeness (QED) is 0.171. The second kappa shape index (κ2) is 13.8. The lowest BCUT2D eigenvalue weighted by atomic mass is 9.95. The van der Waals surface area contributed by atoms with Crippen LogP contribution in [0, 0.1) is 0 Å². The van der Waals surface area contributed by atoms with Crippen LogP contribution >= 0.6 is 23.2 Å². The Morgan fingerprint density at radius 1 is 0.973 bits per heavy atom. The highest BCUT2D eigenvalue weighted by atomic mass is 35.5. The number of hydrogen-bond donors (Lipinski definition) is 1. The fourth-order valence-corrected chi connectivity index (χ4v) is 5.14. The SMILES string of the molecule is CCCCN(CCCC)CCCN1C(=O)C(=O)/C(=C(\O)c2ccc(OC)cc2)C1c1ccc(Cl)cc1Cl. The lowest BCUT2D eigenvalue weighted by Crippen LogP contribution is -2.34. The summed E-state index contributed by atoms with van der Waals surface area (Å²) in [7, 11) is 1.55. The number of aliphatic hydroxyl groups excluding tert-OH is 1. The van der Waals surface area contributed by atoms with E-state index in [-0.39, 0.29) is 11.3 Å². The second-order valence-electron chi connectivity index (χ2n) is 9.29. The molecule has 200 valence electrons.